The highest BCUT2D eigenvalue weighted by Gasteiger charge is 2.15. The fourth-order valence-corrected chi connectivity index (χ4v) is 4.66. The Morgan fingerprint density at radius 1 is 1.33 bits per heavy atom. The van der Waals surface area contributed by atoms with Gasteiger partial charge in [0, 0.05) is 24.4 Å². The van der Waals surface area contributed by atoms with E-state index in [-0.39, 0.29) is 30.1 Å². The van der Waals surface area contributed by atoms with Gasteiger partial charge in [-0.15, -0.1) is 22.7 Å². The quantitative estimate of drug-likeness (QED) is 0.311. The number of anilines is 1. The zero-order valence-corrected chi connectivity index (χ0v) is 17.6. The molecule has 1 N–H and O–H groups in total. The number of thiazole rings is 1. The summed E-state index contributed by atoms with van der Waals surface area (Å²) in [4.78, 5) is 39.8. The summed E-state index contributed by atoms with van der Waals surface area (Å²) in [6.07, 6.45) is 0.558. The number of nitrogens with zero attached hydrogens (tertiary/aromatic N) is 3. The van der Waals surface area contributed by atoms with Gasteiger partial charge < -0.3 is 9.73 Å². The zero-order valence-electron chi connectivity index (χ0n) is 15.2. The molecular formula is C18H13ClN4O5S2. The lowest BCUT2D eigenvalue weighted by Crippen LogP contribution is -2.17. The Kier molecular flexibility index (Phi) is 5.66. The van der Waals surface area contributed by atoms with Crippen LogP contribution in [0.25, 0.3) is 21.7 Å². The lowest BCUT2D eigenvalue weighted by molar-refractivity contribution is -0.384. The maximum Gasteiger partial charge on any atom is 0.419 e. The van der Waals surface area contributed by atoms with Gasteiger partial charge in [-0.05, 0) is 24.6 Å². The van der Waals surface area contributed by atoms with Crippen LogP contribution in [0.2, 0.25) is 4.34 Å². The minimum atomic E-state index is -0.620. The number of rotatable bonds is 7. The van der Waals surface area contributed by atoms with Crippen molar-refractivity contribution in [2.24, 2.45) is 0 Å². The van der Waals surface area contributed by atoms with Crippen LogP contribution in [0.4, 0.5) is 10.8 Å². The number of nitro groups is 1. The number of halogens is 1. The van der Waals surface area contributed by atoms with E-state index in [1.165, 1.54) is 45.4 Å². The predicted molar refractivity (Wildman–Crippen MR) is 115 cm³/mol. The molecule has 154 valence electrons. The molecule has 30 heavy (non-hydrogen) atoms. The Balaban J connectivity index is 1.36. The van der Waals surface area contributed by atoms with E-state index >= 15 is 0 Å². The highest BCUT2D eigenvalue weighted by molar-refractivity contribution is 7.20. The second-order valence-corrected chi connectivity index (χ2v) is 8.80. The molecule has 1 amide bonds. The van der Waals surface area contributed by atoms with Crippen molar-refractivity contribution >= 4 is 62.1 Å². The number of carbonyl (C=O) groups excluding carboxylic acids is 1. The largest absolute Gasteiger partial charge is 0.419 e. The van der Waals surface area contributed by atoms with Crippen molar-refractivity contribution < 1.29 is 14.1 Å². The van der Waals surface area contributed by atoms with Crippen LogP contribution in [-0.2, 0) is 11.3 Å². The van der Waals surface area contributed by atoms with Gasteiger partial charge in [-0.3, -0.25) is 19.5 Å². The molecule has 3 heterocycles. The fourth-order valence-electron chi connectivity index (χ4n) is 2.86. The van der Waals surface area contributed by atoms with Crippen LogP contribution in [0.3, 0.4) is 0 Å². The molecule has 9 nitrogen and oxygen atoms in total. The second kappa shape index (κ2) is 8.38. The van der Waals surface area contributed by atoms with Gasteiger partial charge in [0.2, 0.25) is 5.91 Å². The minimum absolute atomic E-state index is 0.141. The van der Waals surface area contributed by atoms with Gasteiger partial charge in [-0.25, -0.2) is 9.78 Å². The zero-order chi connectivity index (χ0) is 21.3. The number of nitro benzene ring substituents is 1. The van der Waals surface area contributed by atoms with Gasteiger partial charge in [0.1, 0.15) is 0 Å². The second-order valence-electron chi connectivity index (χ2n) is 6.22. The topological polar surface area (TPSA) is 120 Å². The van der Waals surface area contributed by atoms with Crippen LogP contribution in [0.1, 0.15) is 12.8 Å². The van der Waals surface area contributed by atoms with E-state index in [1.54, 1.807) is 6.07 Å². The number of thiophene rings is 1. The van der Waals surface area contributed by atoms with Gasteiger partial charge in [0.05, 0.1) is 31.4 Å². The van der Waals surface area contributed by atoms with Crippen molar-refractivity contribution in [1.29, 1.82) is 0 Å². The molecule has 12 heteroatoms. The molecular weight excluding hydrogens is 452 g/mol. The van der Waals surface area contributed by atoms with Gasteiger partial charge in [-0.1, -0.05) is 11.6 Å². The summed E-state index contributed by atoms with van der Waals surface area (Å²) in [5.41, 5.74) is 1.18. The Hall–Kier alpha value is -3.02. The number of nitrogens with one attached hydrogen (secondary N) is 1. The molecule has 0 radical (unpaired) electrons. The van der Waals surface area contributed by atoms with Gasteiger partial charge in [-0.2, -0.15) is 0 Å². The normalized spacial score (nSPS) is 11.1. The summed E-state index contributed by atoms with van der Waals surface area (Å²) in [5, 5.41) is 15.9. The van der Waals surface area contributed by atoms with E-state index in [0.29, 0.717) is 21.4 Å². The Morgan fingerprint density at radius 3 is 2.90 bits per heavy atom. The third kappa shape index (κ3) is 4.27. The third-order valence-electron chi connectivity index (χ3n) is 4.22. The molecule has 4 aromatic rings. The van der Waals surface area contributed by atoms with Crippen LogP contribution < -0.4 is 11.1 Å². The van der Waals surface area contributed by atoms with E-state index in [4.69, 9.17) is 16.0 Å². The SMILES string of the molecule is O=C(CCCn1c(=O)oc2cc([N+](=O)[O-])ccc21)Nc1nc(-c2ccc(Cl)s2)cs1. The van der Waals surface area contributed by atoms with Crippen LogP contribution in [0.5, 0.6) is 0 Å². The van der Waals surface area contributed by atoms with Crippen molar-refractivity contribution in [1.82, 2.24) is 9.55 Å². The van der Waals surface area contributed by atoms with E-state index in [0.717, 1.165) is 10.6 Å². The first kappa shape index (κ1) is 20.3. The van der Waals surface area contributed by atoms with Crippen molar-refractivity contribution in [2.45, 2.75) is 19.4 Å². The number of oxazole rings is 1. The summed E-state index contributed by atoms with van der Waals surface area (Å²) in [6.45, 7) is 0.244. The maximum absolute atomic E-state index is 12.2. The first-order valence-electron chi connectivity index (χ1n) is 8.69. The van der Waals surface area contributed by atoms with Crippen LogP contribution in [-0.4, -0.2) is 20.4 Å². The van der Waals surface area contributed by atoms with E-state index in [9.17, 15) is 19.7 Å². The number of aromatic nitrogens is 2. The Bertz CT molecular complexity index is 1310. The molecule has 0 spiro atoms. The van der Waals surface area contributed by atoms with E-state index in [2.05, 4.69) is 10.3 Å². The monoisotopic (exact) mass is 464 g/mol. The van der Waals surface area contributed by atoms with Crippen molar-refractivity contribution in [2.75, 3.05) is 5.32 Å². The van der Waals surface area contributed by atoms with Crippen molar-refractivity contribution in [3.8, 4) is 10.6 Å². The van der Waals surface area contributed by atoms with Crippen LogP contribution >= 0.6 is 34.3 Å². The molecule has 0 unspecified atom stereocenters. The lowest BCUT2D eigenvalue weighted by Gasteiger charge is -2.03. The molecule has 0 bridgehead atoms. The summed E-state index contributed by atoms with van der Waals surface area (Å²) in [5.74, 6) is -0.846. The molecule has 3 aromatic heterocycles. The first-order chi connectivity index (χ1) is 14.4. The lowest BCUT2D eigenvalue weighted by atomic mass is 10.2. The average molecular weight is 465 g/mol. The molecule has 0 saturated heterocycles. The van der Waals surface area contributed by atoms with Gasteiger partial charge >= 0.3 is 5.76 Å². The molecule has 4 rings (SSSR count). The van der Waals surface area contributed by atoms with Crippen LogP contribution in [0.15, 0.2) is 44.9 Å². The molecule has 1 aromatic carbocycles. The molecule has 0 aliphatic carbocycles. The molecule has 0 saturated carbocycles. The summed E-state index contributed by atoms with van der Waals surface area (Å²) < 4.78 is 7.10. The van der Waals surface area contributed by atoms with Gasteiger partial charge in [0.15, 0.2) is 10.7 Å². The number of benzene rings is 1. The molecule has 0 aliphatic heterocycles. The number of non-ortho nitro benzene ring substituents is 1. The highest BCUT2D eigenvalue weighted by Crippen LogP contribution is 2.32. The number of aryl methyl sites for hydroxylation is 1. The average Bonchev–Trinajstić information content (AvgIpc) is 3.40. The standard InChI is InChI=1S/C18H13ClN4O5S2/c19-15-6-5-14(30-15)11-9-29-17(20-11)21-16(24)2-1-7-22-12-4-3-10(23(26)27)8-13(12)28-18(22)25/h3-6,8-9H,1-2,7H2,(H,20,21,24). The predicted octanol–water partition coefficient (Wildman–Crippen LogP) is 4.76. The summed E-state index contributed by atoms with van der Waals surface area (Å²) in [6, 6.07) is 7.64. The van der Waals surface area contributed by atoms with Gasteiger partial charge in [0.25, 0.3) is 5.69 Å². The fraction of sp³-hybridized carbons (Fsp3) is 0.167. The number of amides is 1. The number of carbonyl (C=O) groups is 1. The highest BCUT2D eigenvalue weighted by atomic mass is 35.5. The number of hydrogen-bond donors (Lipinski definition) is 1. The molecule has 0 fully saturated rings. The number of hydrogen-bond acceptors (Lipinski definition) is 8. The Labute approximate surface area is 181 Å². The number of fused-ring (bicyclic) bond motifs is 1. The van der Waals surface area contributed by atoms with E-state index in [1.807, 2.05) is 11.4 Å². The Morgan fingerprint density at radius 2 is 2.17 bits per heavy atom. The first-order valence-corrected chi connectivity index (χ1v) is 10.8. The maximum atomic E-state index is 12.2. The van der Waals surface area contributed by atoms with Crippen molar-refractivity contribution in [3.63, 3.8) is 0 Å². The van der Waals surface area contributed by atoms with Crippen LogP contribution in [0, 0.1) is 10.1 Å². The smallest absolute Gasteiger partial charge is 0.407 e. The summed E-state index contributed by atoms with van der Waals surface area (Å²) >= 11 is 8.66. The minimum Gasteiger partial charge on any atom is -0.407 e. The van der Waals surface area contributed by atoms with E-state index < -0.39 is 10.7 Å². The third-order valence-corrected chi connectivity index (χ3v) is 6.24. The molecule has 0 aliphatic rings. The molecule has 0 atom stereocenters. The summed E-state index contributed by atoms with van der Waals surface area (Å²) in [7, 11) is 0. The van der Waals surface area contributed by atoms with Crippen molar-refractivity contribution in [3.05, 3.63) is 60.7 Å².